The lowest BCUT2D eigenvalue weighted by atomic mass is 10.1. The minimum Gasteiger partial charge on any atom is -0.376 e. The zero-order chi connectivity index (χ0) is 10.8. The summed E-state index contributed by atoms with van der Waals surface area (Å²) in [6, 6.07) is 0. The molecule has 14 heavy (non-hydrogen) atoms. The van der Waals surface area contributed by atoms with E-state index in [1.54, 1.807) is 6.92 Å². The Labute approximate surface area is 83.6 Å². The maximum atomic E-state index is 5.99. The third-order valence-electron chi connectivity index (χ3n) is 1.75. The van der Waals surface area contributed by atoms with Crippen molar-refractivity contribution in [2.45, 2.75) is 39.3 Å². The van der Waals surface area contributed by atoms with Gasteiger partial charge in [0.25, 0.3) is 0 Å². The molecule has 0 bridgehead atoms. The third kappa shape index (κ3) is 2.78. The van der Waals surface area contributed by atoms with Crippen LogP contribution in [-0.2, 0) is 10.3 Å². The molecule has 1 aromatic heterocycles. The first-order chi connectivity index (χ1) is 6.42. The zero-order valence-electron chi connectivity index (χ0n) is 9.07. The first-order valence-corrected chi connectivity index (χ1v) is 4.63. The highest BCUT2D eigenvalue weighted by Crippen LogP contribution is 2.15. The zero-order valence-corrected chi connectivity index (χ0v) is 9.07. The van der Waals surface area contributed by atoms with Crippen LogP contribution in [0.1, 0.15) is 32.5 Å². The second-order valence-electron chi connectivity index (χ2n) is 3.91. The molecular weight excluding hydrogens is 182 g/mol. The minimum atomic E-state index is -0.692. The van der Waals surface area contributed by atoms with Gasteiger partial charge in [-0.2, -0.15) is 4.98 Å². The van der Waals surface area contributed by atoms with E-state index in [1.807, 2.05) is 20.8 Å². The largest absolute Gasteiger partial charge is 0.376 e. The van der Waals surface area contributed by atoms with Crippen molar-refractivity contribution in [3.05, 3.63) is 11.7 Å². The molecule has 1 heterocycles. The van der Waals surface area contributed by atoms with Crippen molar-refractivity contribution < 1.29 is 9.26 Å². The van der Waals surface area contributed by atoms with Crippen molar-refractivity contribution in [3.8, 4) is 0 Å². The van der Waals surface area contributed by atoms with Crippen LogP contribution in [0.3, 0.4) is 0 Å². The number of rotatable bonds is 4. The lowest BCUT2D eigenvalue weighted by Crippen LogP contribution is -2.40. The van der Waals surface area contributed by atoms with Crippen LogP contribution in [0.4, 0.5) is 0 Å². The molecule has 1 rings (SSSR count). The second kappa shape index (κ2) is 4.06. The summed E-state index contributed by atoms with van der Waals surface area (Å²) in [5.41, 5.74) is 5.30. The molecule has 0 radical (unpaired) electrons. The lowest BCUT2D eigenvalue weighted by molar-refractivity contribution is 0.0410. The van der Waals surface area contributed by atoms with Gasteiger partial charge < -0.3 is 15.0 Å². The van der Waals surface area contributed by atoms with E-state index in [0.29, 0.717) is 18.3 Å². The third-order valence-corrected chi connectivity index (χ3v) is 1.75. The molecule has 0 aliphatic heterocycles. The standard InChI is InChI=1S/C9H17N3O2/c1-6(2)13-5-9(4,10)8-11-7(3)14-12-8/h6H,5,10H2,1-4H3. The van der Waals surface area contributed by atoms with Crippen molar-refractivity contribution in [2.24, 2.45) is 5.73 Å². The van der Waals surface area contributed by atoms with E-state index in [0.717, 1.165) is 0 Å². The van der Waals surface area contributed by atoms with E-state index in [-0.39, 0.29) is 6.10 Å². The van der Waals surface area contributed by atoms with E-state index < -0.39 is 5.54 Å². The van der Waals surface area contributed by atoms with Crippen LogP contribution in [-0.4, -0.2) is 22.9 Å². The van der Waals surface area contributed by atoms with E-state index in [4.69, 9.17) is 15.0 Å². The predicted octanol–water partition coefficient (Wildman–Crippen LogP) is 0.977. The molecule has 5 heteroatoms. The van der Waals surface area contributed by atoms with Crippen molar-refractivity contribution in [2.75, 3.05) is 6.61 Å². The average Bonchev–Trinajstić information content (AvgIpc) is 2.49. The number of aromatic nitrogens is 2. The maximum Gasteiger partial charge on any atom is 0.223 e. The maximum absolute atomic E-state index is 5.99. The highest BCUT2D eigenvalue weighted by atomic mass is 16.5. The number of nitrogens with zero attached hydrogens (tertiary/aromatic N) is 2. The van der Waals surface area contributed by atoms with Crippen LogP contribution in [0.2, 0.25) is 0 Å². The fourth-order valence-electron chi connectivity index (χ4n) is 0.936. The molecule has 0 saturated carbocycles. The molecule has 80 valence electrons. The van der Waals surface area contributed by atoms with Gasteiger partial charge in [-0.3, -0.25) is 0 Å². The van der Waals surface area contributed by atoms with Gasteiger partial charge in [-0.15, -0.1) is 0 Å². The fraction of sp³-hybridized carbons (Fsp3) is 0.778. The molecule has 0 aliphatic carbocycles. The summed E-state index contributed by atoms with van der Waals surface area (Å²) in [6.45, 7) is 7.84. The molecule has 1 atom stereocenters. The van der Waals surface area contributed by atoms with E-state index in [1.165, 1.54) is 0 Å². The van der Waals surface area contributed by atoms with Crippen LogP contribution < -0.4 is 5.73 Å². The number of ether oxygens (including phenoxy) is 1. The summed E-state index contributed by atoms with van der Waals surface area (Å²) >= 11 is 0. The quantitative estimate of drug-likeness (QED) is 0.782. The monoisotopic (exact) mass is 199 g/mol. The summed E-state index contributed by atoms with van der Waals surface area (Å²) in [5, 5.41) is 3.77. The summed E-state index contributed by atoms with van der Waals surface area (Å²) < 4.78 is 10.3. The minimum absolute atomic E-state index is 0.144. The summed E-state index contributed by atoms with van der Waals surface area (Å²) in [6.07, 6.45) is 0.144. The van der Waals surface area contributed by atoms with Crippen molar-refractivity contribution in [1.82, 2.24) is 10.1 Å². The van der Waals surface area contributed by atoms with E-state index >= 15 is 0 Å². The molecule has 0 spiro atoms. The highest BCUT2D eigenvalue weighted by molar-refractivity contribution is 5.01. The Kier molecular flexibility index (Phi) is 3.23. The van der Waals surface area contributed by atoms with Gasteiger partial charge in [0.1, 0.15) is 5.54 Å². The molecule has 0 aliphatic rings. The smallest absolute Gasteiger partial charge is 0.223 e. The first kappa shape index (κ1) is 11.1. The van der Waals surface area contributed by atoms with Gasteiger partial charge in [-0.25, -0.2) is 0 Å². The fourth-order valence-corrected chi connectivity index (χ4v) is 0.936. The van der Waals surface area contributed by atoms with Gasteiger partial charge in [-0.1, -0.05) is 5.16 Å². The van der Waals surface area contributed by atoms with Crippen LogP contribution in [0.25, 0.3) is 0 Å². The Morgan fingerprint density at radius 2 is 2.21 bits per heavy atom. The topological polar surface area (TPSA) is 74.2 Å². The normalized spacial score (nSPS) is 15.9. The Balaban J connectivity index is 2.65. The van der Waals surface area contributed by atoms with Crippen molar-refractivity contribution in [3.63, 3.8) is 0 Å². The Bertz CT molecular complexity index is 294. The number of hydrogen-bond acceptors (Lipinski definition) is 5. The SMILES string of the molecule is Cc1nc(C(C)(N)COC(C)C)no1. The summed E-state index contributed by atoms with van der Waals surface area (Å²) in [5.74, 6) is 0.997. The predicted molar refractivity (Wildman–Crippen MR) is 51.7 cm³/mol. The Morgan fingerprint density at radius 3 is 2.64 bits per heavy atom. The van der Waals surface area contributed by atoms with Gasteiger partial charge in [0.15, 0.2) is 5.82 Å². The van der Waals surface area contributed by atoms with Crippen LogP contribution in [0.15, 0.2) is 4.52 Å². The Morgan fingerprint density at radius 1 is 1.57 bits per heavy atom. The first-order valence-electron chi connectivity index (χ1n) is 4.63. The van der Waals surface area contributed by atoms with E-state index in [9.17, 15) is 0 Å². The molecule has 0 saturated heterocycles. The summed E-state index contributed by atoms with van der Waals surface area (Å²) in [7, 11) is 0. The van der Waals surface area contributed by atoms with Gasteiger partial charge in [0.05, 0.1) is 12.7 Å². The number of nitrogens with two attached hydrogens (primary N) is 1. The van der Waals surface area contributed by atoms with Crippen LogP contribution >= 0.6 is 0 Å². The molecule has 1 aromatic rings. The van der Waals surface area contributed by atoms with Gasteiger partial charge in [-0.05, 0) is 20.8 Å². The molecule has 0 fully saturated rings. The molecule has 0 aromatic carbocycles. The second-order valence-corrected chi connectivity index (χ2v) is 3.91. The Hall–Kier alpha value is -0.940. The molecule has 5 nitrogen and oxygen atoms in total. The van der Waals surface area contributed by atoms with Crippen molar-refractivity contribution >= 4 is 0 Å². The lowest BCUT2D eigenvalue weighted by Gasteiger charge is -2.21. The summed E-state index contributed by atoms with van der Waals surface area (Å²) in [4.78, 5) is 4.08. The van der Waals surface area contributed by atoms with Crippen molar-refractivity contribution in [1.29, 1.82) is 0 Å². The van der Waals surface area contributed by atoms with Crippen LogP contribution in [0, 0.1) is 6.92 Å². The molecule has 2 N–H and O–H groups in total. The molecule has 1 unspecified atom stereocenters. The molecule has 0 amide bonds. The van der Waals surface area contributed by atoms with Gasteiger partial charge >= 0.3 is 0 Å². The van der Waals surface area contributed by atoms with Gasteiger partial charge in [0, 0.05) is 6.92 Å². The van der Waals surface area contributed by atoms with Crippen LogP contribution in [0.5, 0.6) is 0 Å². The average molecular weight is 199 g/mol. The molecular formula is C9H17N3O2. The van der Waals surface area contributed by atoms with E-state index in [2.05, 4.69) is 10.1 Å². The number of aryl methyl sites for hydroxylation is 1. The highest BCUT2D eigenvalue weighted by Gasteiger charge is 2.27. The number of hydrogen-bond donors (Lipinski definition) is 1. The van der Waals surface area contributed by atoms with Gasteiger partial charge in [0.2, 0.25) is 5.89 Å².